The number of amides is 2. The smallest absolute Gasteiger partial charge is 0.267 e. The van der Waals surface area contributed by atoms with E-state index in [-0.39, 0.29) is 18.4 Å². The second kappa shape index (κ2) is 7.90. The molecule has 1 aromatic carbocycles. The van der Waals surface area contributed by atoms with Gasteiger partial charge in [0, 0.05) is 26.2 Å². The van der Waals surface area contributed by atoms with E-state index >= 15 is 0 Å². The molecule has 1 aliphatic heterocycles. The molecule has 9 heteroatoms. The number of aryl methyl sites for hydroxylation is 1. The molecule has 1 fully saturated rings. The molecule has 2 amide bonds. The van der Waals surface area contributed by atoms with Gasteiger partial charge in [-0.1, -0.05) is 28.2 Å². The highest BCUT2D eigenvalue weighted by atomic mass is 35.5. The number of anilines is 1. The van der Waals surface area contributed by atoms with Gasteiger partial charge in [-0.2, -0.15) is 0 Å². The molecule has 3 rings (SSSR count). The lowest BCUT2D eigenvalue weighted by Gasteiger charge is -2.34. The van der Waals surface area contributed by atoms with Crippen LogP contribution in [0.25, 0.3) is 0 Å². The summed E-state index contributed by atoms with van der Waals surface area (Å²) in [6, 6.07) is 7.14. The highest BCUT2D eigenvalue weighted by Crippen LogP contribution is 2.20. The average molecular weight is 380 g/mol. The first-order valence-electron chi connectivity index (χ1n) is 7.89. The van der Waals surface area contributed by atoms with Gasteiger partial charge in [0.2, 0.25) is 5.91 Å². The van der Waals surface area contributed by atoms with Gasteiger partial charge in [0.15, 0.2) is 0 Å². The lowest BCUT2D eigenvalue weighted by atomic mass is 10.2. The van der Waals surface area contributed by atoms with Crippen molar-refractivity contribution in [2.75, 3.05) is 38.0 Å². The van der Waals surface area contributed by atoms with Crippen molar-refractivity contribution in [1.82, 2.24) is 19.4 Å². The number of halogens is 1. The van der Waals surface area contributed by atoms with Crippen LogP contribution in [0.3, 0.4) is 0 Å². The molecule has 0 spiro atoms. The molecule has 25 heavy (non-hydrogen) atoms. The van der Waals surface area contributed by atoms with E-state index in [4.69, 9.17) is 11.6 Å². The molecule has 1 aromatic heterocycles. The third-order valence-corrected chi connectivity index (χ3v) is 5.17. The summed E-state index contributed by atoms with van der Waals surface area (Å²) >= 11 is 7.17. The SMILES string of the molecule is Cc1nnsc1C(=O)N1CCN(CC(=O)Nc2ccccc2Cl)CC1. The topological polar surface area (TPSA) is 78.4 Å². The minimum atomic E-state index is -0.115. The maximum absolute atomic E-state index is 12.4. The van der Waals surface area contributed by atoms with Crippen molar-refractivity contribution in [1.29, 1.82) is 0 Å². The predicted molar refractivity (Wildman–Crippen MR) is 97.1 cm³/mol. The zero-order valence-corrected chi connectivity index (χ0v) is 15.3. The molecular weight excluding hydrogens is 362 g/mol. The maximum atomic E-state index is 12.4. The number of aromatic nitrogens is 2. The Morgan fingerprint density at radius 2 is 1.96 bits per heavy atom. The molecule has 7 nitrogen and oxygen atoms in total. The van der Waals surface area contributed by atoms with Gasteiger partial charge in [-0.25, -0.2) is 0 Å². The molecule has 0 unspecified atom stereocenters. The van der Waals surface area contributed by atoms with Gasteiger partial charge in [-0.3, -0.25) is 14.5 Å². The van der Waals surface area contributed by atoms with E-state index in [2.05, 4.69) is 14.9 Å². The quantitative estimate of drug-likeness (QED) is 0.877. The normalized spacial score (nSPS) is 15.2. The first kappa shape index (κ1) is 17.8. The van der Waals surface area contributed by atoms with Crippen molar-refractivity contribution >= 4 is 40.6 Å². The van der Waals surface area contributed by atoms with Crippen LogP contribution in [0.15, 0.2) is 24.3 Å². The number of carbonyl (C=O) groups excluding carboxylic acids is 2. The van der Waals surface area contributed by atoms with Crippen molar-refractivity contribution in [2.45, 2.75) is 6.92 Å². The molecule has 0 radical (unpaired) electrons. The molecule has 132 valence electrons. The van der Waals surface area contributed by atoms with Gasteiger partial charge >= 0.3 is 0 Å². The van der Waals surface area contributed by atoms with Crippen LogP contribution in [-0.2, 0) is 4.79 Å². The molecular formula is C16H18ClN5O2S. The molecule has 0 aliphatic carbocycles. The number of rotatable bonds is 4. The highest BCUT2D eigenvalue weighted by molar-refractivity contribution is 7.07. The Morgan fingerprint density at radius 1 is 1.24 bits per heavy atom. The van der Waals surface area contributed by atoms with E-state index in [1.165, 1.54) is 0 Å². The van der Waals surface area contributed by atoms with Gasteiger partial charge in [-0.05, 0) is 30.6 Å². The summed E-state index contributed by atoms with van der Waals surface area (Å²) in [5.41, 5.74) is 1.27. The second-order valence-corrected chi connectivity index (χ2v) is 6.95. The Bertz CT molecular complexity index is 773. The molecule has 1 aliphatic rings. The fourth-order valence-corrected chi connectivity index (χ4v) is 3.44. The molecule has 2 aromatic rings. The van der Waals surface area contributed by atoms with Crippen molar-refractivity contribution in [3.63, 3.8) is 0 Å². The van der Waals surface area contributed by atoms with E-state index in [0.29, 0.717) is 47.5 Å². The monoisotopic (exact) mass is 379 g/mol. The average Bonchev–Trinajstić information content (AvgIpc) is 3.03. The van der Waals surface area contributed by atoms with Crippen LogP contribution in [-0.4, -0.2) is 63.9 Å². The third kappa shape index (κ3) is 4.33. The van der Waals surface area contributed by atoms with Crippen LogP contribution >= 0.6 is 23.1 Å². The van der Waals surface area contributed by atoms with Crippen LogP contribution in [0.2, 0.25) is 5.02 Å². The van der Waals surface area contributed by atoms with Gasteiger partial charge in [0.25, 0.3) is 5.91 Å². The first-order valence-corrected chi connectivity index (χ1v) is 9.04. The second-order valence-electron chi connectivity index (χ2n) is 5.78. The first-order chi connectivity index (χ1) is 12.0. The molecule has 2 heterocycles. The number of benzene rings is 1. The fraction of sp³-hybridized carbons (Fsp3) is 0.375. The highest BCUT2D eigenvalue weighted by Gasteiger charge is 2.25. The predicted octanol–water partition coefficient (Wildman–Crippen LogP) is 1.90. The summed E-state index contributed by atoms with van der Waals surface area (Å²) in [5, 5.41) is 7.21. The third-order valence-electron chi connectivity index (χ3n) is 4.02. The van der Waals surface area contributed by atoms with Crippen molar-refractivity contribution in [2.24, 2.45) is 0 Å². The van der Waals surface area contributed by atoms with Crippen LogP contribution in [0, 0.1) is 6.92 Å². The molecule has 0 bridgehead atoms. The molecule has 1 saturated heterocycles. The number of carbonyl (C=O) groups is 2. The summed E-state index contributed by atoms with van der Waals surface area (Å²) < 4.78 is 3.81. The minimum absolute atomic E-state index is 0.0346. The van der Waals surface area contributed by atoms with Gasteiger partial charge < -0.3 is 10.2 Å². The Labute approximate surface area is 154 Å². The zero-order chi connectivity index (χ0) is 17.8. The van der Waals surface area contributed by atoms with Crippen LogP contribution in [0.1, 0.15) is 15.4 Å². The Balaban J connectivity index is 1.49. The van der Waals surface area contributed by atoms with Gasteiger partial charge in [0.05, 0.1) is 22.9 Å². The van der Waals surface area contributed by atoms with E-state index in [1.54, 1.807) is 24.0 Å². The Hall–Kier alpha value is -2.03. The number of piperazine rings is 1. The van der Waals surface area contributed by atoms with Crippen molar-refractivity contribution < 1.29 is 9.59 Å². The maximum Gasteiger partial charge on any atom is 0.267 e. The summed E-state index contributed by atoms with van der Waals surface area (Å²) in [6.07, 6.45) is 0. The van der Waals surface area contributed by atoms with Crippen molar-refractivity contribution in [3.8, 4) is 0 Å². The van der Waals surface area contributed by atoms with Crippen LogP contribution in [0.4, 0.5) is 5.69 Å². The summed E-state index contributed by atoms with van der Waals surface area (Å²) in [5.74, 6) is -0.150. The van der Waals surface area contributed by atoms with Gasteiger partial charge in [0.1, 0.15) is 4.88 Å². The van der Waals surface area contributed by atoms with E-state index in [0.717, 1.165) is 11.5 Å². The Morgan fingerprint density at radius 3 is 2.60 bits per heavy atom. The number of nitrogens with zero attached hydrogens (tertiary/aromatic N) is 4. The van der Waals surface area contributed by atoms with E-state index < -0.39 is 0 Å². The van der Waals surface area contributed by atoms with Crippen molar-refractivity contribution in [3.05, 3.63) is 39.9 Å². The summed E-state index contributed by atoms with van der Waals surface area (Å²) in [6.45, 7) is 4.51. The van der Waals surface area contributed by atoms with E-state index in [1.807, 2.05) is 17.0 Å². The number of nitrogens with one attached hydrogen (secondary N) is 1. The van der Waals surface area contributed by atoms with Crippen LogP contribution < -0.4 is 5.32 Å². The lowest BCUT2D eigenvalue weighted by molar-refractivity contribution is -0.117. The number of hydrogen-bond acceptors (Lipinski definition) is 6. The summed E-state index contributed by atoms with van der Waals surface area (Å²) in [7, 11) is 0. The molecule has 1 N–H and O–H groups in total. The number of hydrogen-bond donors (Lipinski definition) is 1. The lowest BCUT2D eigenvalue weighted by Crippen LogP contribution is -2.50. The van der Waals surface area contributed by atoms with E-state index in [9.17, 15) is 9.59 Å². The molecule has 0 atom stereocenters. The fourth-order valence-electron chi connectivity index (χ4n) is 2.64. The van der Waals surface area contributed by atoms with Crippen LogP contribution in [0.5, 0.6) is 0 Å². The minimum Gasteiger partial charge on any atom is -0.335 e. The number of para-hydroxylation sites is 1. The zero-order valence-electron chi connectivity index (χ0n) is 13.7. The standard InChI is InChI=1S/C16H18ClN5O2S/c1-11-15(25-20-19-11)16(24)22-8-6-21(7-9-22)10-14(23)18-13-5-3-2-4-12(13)17/h2-5H,6-10H2,1H3,(H,18,23). The Kier molecular flexibility index (Phi) is 5.62. The molecule has 0 saturated carbocycles. The summed E-state index contributed by atoms with van der Waals surface area (Å²) in [4.78, 5) is 29.0. The largest absolute Gasteiger partial charge is 0.335 e. The van der Waals surface area contributed by atoms with Gasteiger partial charge in [-0.15, -0.1) is 5.10 Å².